The Kier molecular flexibility index (Phi) is 11.4. The van der Waals surface area contributed by atoms with Crippen molar-refractivity contribution < 1.29 is 9.53 Å². The van der Waals surface area contributed by atoms with Gasteiger partial charge in [0, 0.05) is 19.8 Å². The Morgan fingerprint density at radius 2 is 2.06 bits per heavy atom. The summed E-state index contributed by atoms with van der Waals surface area (Å²) in [5, 5.41) is 6.13. The van der Waals surface area contributed by atoms with E-state index in [2.05, 4.69) is 17.6 Å². The van der Waals surface area contributed by atoms with Crippen LogP contribution in [0.1, 0.15) is 46.0 Å². The number of amides is 1. The highest BCUT2D eigenvalue weighted by atomic mass is 16.5. The second-order valence-electron chi connectivity index (χ2n) is 4.49. The van der Waals surface area contributed by atoms with E-state index in [4.69, 9.17) is 4.74 Å². The number of carbonyl (C=O) groups excluding carboxylic acids is 1. The second-order valence-corrected chi connectivity index (χ2v) is 4.49. The standard InChI is InChI=1S/C13H28N2O2/c1-4-8-12(2)15-13(16)11-14-9-6-5-7-10-17-3/h12,14H,4-11H2,1-3H3,(H,15,16). The fraction of sp³-hybridized carbons (Fsp3) is 0.923. The average molecular weight is 244 g/mol. The number of methoxy groups -OCH3 is 1. The highest BCUT2D eigenvalue weighted by Crippen LogP contribution is 1.95. The van der Waals surface area contributed by atoms with Gasteiger partial charge in [-0.1, -0.05) is 13.3 Å². The first-order chi connectivity index (χ1) is 8.20. The summed E-state index contributed by atoms with van der Waals surface area (Å²) in [6.45, 7) is 6.33. The Bertz CT molecular complexity index is 186. The highest BCUT2D eigenvalue weighted by Gasteiger charge is 2.05. The van der Waals surface area contributed by atoms with Gasteiger partial charge in [-0.3, -0.25) is 4.79 Å². The molecule has 0 aliphatic rings. The summed E-state index contributed by atoms with van der Waals surface area (Å²) in [6.07, 6.45) is 5.49. The Morgan fingerprint density at radius 1 is 1.29 bits per heavy atom. The van der Waals surface area contributed by atoms with E-state index >= 15 is 0 Å². The quantitative estimate of drug-likeness (QED) is 0.544. The summed E-state index contributed by atoms with van der Waals surface area (Å²) in [7, 11) is 1.72. The lowest BCUT2D eigenvalue weighted by Crippen LogP contribution is -2.39. The van der Waals surface area contributed by atoms with E-state index in [0.29, 0.717) is 6.54 Å². The zero-order valence-electron chi connectivity index (χ0n) is 11.6. The molecule has 0 heterocycles. The van der Waals surface area contributed by atoms with Crippen LogP contribution in [0.2, 0.25) is 0 Å². The Hall–Kier alpha value is -0.610. The first kappa shape index (κ1) is 16.4. The van der Waals surface area contributed by atoms with Gasteiger partial charge in [0.05, 0.1) is 6.54 Å². The predicted octanol–water partition coefficient (Wildman–Crippen LogP) is 1.70. The van der Waals surface area contributed by atoms with Crippen LogP contribution in [0.5, 0.6) is 0 Å². The van der Waals surface area contributed by atoms with Crippen LogP contribution in [0.4, 0.5) is 0 Å². The summed E-state index contributed by atoms with van der Waals surface area (Å²) >= 11 is 0. The molecule has 0 bridgehead atoms. The van der Waals surface area contributed by atoms with Crippen molar-refractivity contribution in [1.82, 2.24) is 10.6 Å². The third kappa shape index (κ3) is 11.6. The molecule has 17 heavy (non-hydrogen) atoms. The first-order valence-corrected chi connectivity index (χ1v) is 6.69. The van der Waals surface area contributed by atoms with Crippen molar-refractivity contribution >= 4 is 5.91 Å². The monoisotopic (exact) mass is 244 g/mol. The molecule has 0 aromatic rings. The Balaban J connectivity index is 3.27. The summed E-state index contributed by atoms with van der Waals surface area (Å²) in [4.78, 5) is 11.5. The molecule has 0 aliphatic carbocycles. The molecule has 0 saturated heterocycles. The number of hydrogen-bond acceptors (Lipinski definition) is 3. The van der Waals surface area contributed by atoms with Crippen molar-refractivity contribution in [2.45, 2.75) is 52.0 Å². The van der Waals surface area contributed by atoms with Gasteiger partial charge in [-0.05, 0) is 39.2 Å². The summed E-state index contributed by atoms with van der Waals surface area (Å²) in [5.74, 6) is 0.0999. The van der Waals surface area contributed by atoms with Crippen LogP contribution in [0.25, 0.3) is 0 Å². The molecule has 0 aliphatic heterocycles. The zero-order chi connectivity index (χ0) is 12.9. The molecule has 0 rings (SSSR count). The summed E-state index contributed by atoms with van der Waals surface area (Å²) in [5.41, 5.74) is 0. The fourth-order valence-corrected chi connectivity index (χ4v) is 1.71. The summed E-state index contributed by atoms with van der Waals surface area (Å²) in [6, 6.07) is 0.288. The molecule has 2 N–H and O–H groups in total. The molecule has 0 aromatic heterocycles. The molecular weight excluding hydrogens is 216 g/mol. The lowest BCUT2D eigenvalue weighted by Gasteiger charge is -2.13. The van der Waals surface area contributed by atoms with E-state index in [9.17, 15) is 4.79 Å². The van der Waals surface area contributed by atoms with Crippen LogP contribution in [0, 0.1) is 0 Å². The molecule has 0 radical (unpaired) electrons. The molecule has 4 heteroatoms. The maximum absolute atomic E-state index is 11.5. The minimum atomic E-state index is 0.0999. The largest absolute Gasteiger partial charge is 0.385 e. The molecule has 0 aromatic carbocycles. The maximum Gasteiger partial charge on any atom is 0.234 e. The van der Waals surface area contributed by atoms with Crippen molar-refractivity contribution in [2.24, 2.45) is 0 Å². The zero-order valence-corrected chi connectivity index (χ0v) is 11.6. The number of nitrogens with one attached hydrogen (secondary N) is 2. The van der Waals surface area contributed by atoms with E-state index < -0.39 is 0 Å². The van der Waals surface area contributed by atoms with Gasteiger partial charge in [0.1, 0.15) is 0 Å². The average Bonchev–Trinajstić information content (AvgIpc) is 2.28. The topological polar surface area (TPSA) is 50.4 Å². The molecule has 1 unspecified atom stereocenters. The van der Waals surface area contributed by atoms with E-state index in [-0.39, 0.29) is 11.9 Å². The van der Waals surface area contributed by atoms with Crippen LogP contribution in [0.15, 0.2) is 0 Å². The molecule has 1 atom stereocenters. The van der Waals surface area contributed by atoms with Crippen molar-refractivity contribution in [3.63, 3.8) is 0 Å². The Morgan fingerprint density at radius 3 is 2.71 bits per heavy atom. The molecular formula is C13H28N2O2. The molecule has 0 fully saturated rings. The number of ether oxygens (including phenoxy) is 1. The smallest absolute Gasteiger partial charge is 0.234 e. The van der Waals surface area contributed by atoms with E-state index in [1.165, 1.54) is 0 Å². The fourth-order valence-electron chi connectivity index (χ4n) is 1.71. The summed E-state index contributed by atoms with van der Waals surface area (Å²) < 4.78 is 4.97. The molecule has 4 nitrogen and oxygen atoms in total. The SMILES string of the molecule is CCCC(C)NC(=O)CNCCCCCOC. The second kappa shape index (κ2) is 11.9. The number of unbranched alkanes of at least 4 members (excludes halogenated alkanes) is 2. The van der Waals surface area contributed by atoms with Crippen molar-refractivity contribution in [3.05, 3.63) is 0 Å². The van der Waals surface area contributed by atoms with Gasteiger partial charge in [-0.2, -0.15) is 0 Å². The molecule has 0 saturated carbocycles. The lowest BCUT2D eigenvalue weighted by atomic mass is 10.2. The molecule has 1 amide bonds. The minimum absolute atomic E-state index is 0.0999. The van der Waals surface area contributed by atoms with Gasteiger partial charge in [-0.25, -0.2) is 0 Å². The highest BCUT2D eigenvalue weighted by molar-refractivity contribution is 5.78. The molecule has 102 valence electrons. The van der Waals surface area contributed by atoms with Gasteiger partial charge >= 0.3 is 0 Å². The van der Waals surface area contributed by atoms with Crippen LogP contribution >= 0.6 is 0 Å². The number of hydrogen-bond donors (Lipinski definition) is 2. The first-order valence-electron chi connectivity index (χ1n) is 6.69. The Labute approximate surface area is 105 Å². The number of carbonyl (C=O) groups is 1. The van der Waals surface area contributed by atoms with Gasteiger partial charge < -0.3 is 15.4 Å². The van der Waals surface area contributed by atoms with Gasteiger partial charge in [0.2, 0.25) is 5.91 Å². The van der Waals surface area contributed by atoms with E-state index in [1.54, 1.807) is 7.11 Å². The van der Waals surface area contributed by atoms with Crippen molar-refractivity contribution in [2.75, 3.05) is 26.8 Å². The van der Waals surface area contributed by atoms with Crippen LogP contribution in [0.3, 0.4) is 0 Å². The lowest BCUT2D eigenvalue weighted by molar-refractivity contribution is -0.120. The van der Waals surface area contributed by atoms with Crippen LogP contribution < -0.4 is 10.6 Å². The van der Waals surface area contributed by atoms with Crippen molar-refractivity contribution in [1.29, 1.82) is 0 Å². The van der Waals surface area contributed by atoms with Gasteiger partial charge in [0.25, 0.3) is 0 Å². The third-order valence-corrected chi connectivity index (χ3v) is 2.62. The third-order valence-electron chi connectivity index (χ3n) is 2.62. The van der Waals surface area contributed by atoms with Gasteiger partial charge in [0.15, 0.2) is 0 Å². The number of rotatable bonds is 11. The maximum atomic E-state index is 11.5. The van der Waals surface area contributed by atoms with Crippen LogP contribution in [-0.2, 0) is 9.53 Å². The molecule has 0 spiro atoms. The van der Waals surface area contributed by atoms with E-state index in [1.807, 2.05) is 6.92 Å². The van der Waals surface area contributed by atoms with Crippen LogP contribution in [-0.4, -0.2) is 38.8 Å². The normalized spacial score (nSPS) is 12.4. The van der Waals surface area contributed by atoms with E-state index in [0.717, 1.165) is 45.3 Å². The van der Waals surface area contributed by atoms with Gasteiger partial charge in [-0.15, -0.1) is 0 Å². The predicted molar refractivity (Wildman–Crippen MR) is 71.1 cm³/mol. The minimum Gasteiger partial charge on any atom is -0.385 e. The van der Waals surface area contributed by atoms with Crippen molar-refractivity contribution in [3.8, 4) is 0 Å².